The topological polar surface area (TPSA) is 17.1 Å². The predicted molar refractivity (Wildman–Crippen MR) is 89.9 cm³/mol. The number of hydrogen-bond donors (Lipinski definition) is 0. The molecule has 0 saturated heterocycles. The highest BCUT2D eigenvalue weighted by molar-refractivity contribution is 7.78. The van der Waals surface area contributed by atoms with E-state index in [2.05, 4.69) is 0 Å². The molecular formula is C19H16FOP. The van der Waals surface area contributed by atoms with Crippen molar-refractivity contribution in [3.8, 4) is 0 Å². The molecule has 3 aromatic carbocycles. The predicted octanol–water partition coefficient (Wildman–Crippen LogP) is 4.34. The molecule has 0 bridgehead atoms. The van der Waals surface area contributed by atoms with Gasteiger partial charge in [0.15, 0.2) is 0 Å². The molecule has 3 aromatic rings. The summed E-state index contributed by atoms with van der Waals surface area (Å²) in [6, 6.07) is 25.2. The van der Waals surface area contributed by atoms with Gasteiger partial charge < -0.3 is 4.57 Å². The van der Waals surface area contributed by atoms with E-state index in [-0.39, 0.29) is 12.0 Å². The fourth-order valence-electron chi connectivity index (χ4n) is 2.54. The van der Waals surface area contributed by atoms with Crippen LogP contribution in [0.1, 0.15) is 5.56 Å². The Bertz CT molecular complexity index is 756. The van der Waals surface area contributed by atoms with Gasteiger partial charge in [-0.2, -0.15) is 0 Å². The minimum atomic E-state index is -2.91. The van der Waals surface area contributed by atoms with Crippen LogP contribution < -0.4 is 10.6 Å². The maximum atomic E-state index is 14.0. The summed E-state index contributed by atoms with van der Waals surface area (Å²) >= 11 is 0. The minimum Gasteiger partial charge on any atom is -0.313 e. The summed E-state index contributed by atoms with van der Waals surface area (Å²) in [4.78, 5) is 0. The second-order valence-electron chi connectivity index (χ2n) is 5.16. The summed E-state index contributed by atoms with van der Waals surface area (Å²) in [6.07, 6.45) is 0.188. The first-order valence-corrected chi connectivity index (χ1v) is 9.03. The van der Waals surface area contributed by atoms with E-state index in [4.69, 9.17) is 0 Å². The zero-order valence-electron chi connectivity index (χ0n) is 12.0. The smallest absolute Gasteiger partial charge is 0.147 e. The van der Waals surface area contributed by atoms with Crippen LogP contribution in [0.15, 0.2) is 84.9 Å². The van der Waals surface area contributed by atoms with Crippen molar-refractivity contribution < 1.29 is 8.96 Å². The van der Waals surface area contributed by atoms with Gasteiger partial charge >= 0.3 is 0 Å². The molecule has 0 saturated carbocycles. The van der Waals surface area contributed by atoms with Gasteiger partial charge in [0.05, 0.1) is 0 Å². The molecule has 0 radical (unpaired) electrons. The SMILES string of the molecule is O=P(Cc1ccccc1F)(c1ccccc1)c1ccccc1. The Morgan fingerprint density at radius 3 is 1.64 bits per heavy atom. The van der Waals surface area contributed by atoms with Crippen molar-refractivity contribution in [2.75, 3.05) is 0 Å². The lowest BCUT2D eigenvalue weighted by atomic mass is 10.2. The molecule has 0 spiro atoms. The molecule has 1 nitrogen and oxygen atoms in total. The molecule has 3 heteroatoms. The van der Waals surface area contributed by atoms with Gasteiger partial charge in [0.25, 0.3) is 0 Å². The van der Waals surface area contributed by atoms with Gasteiger partial charge in [-0.15, -0.1) is 0 Å². The van der Waals surface area contributed by atoms with Crippen LogP contribution in [0.25, 0.3) is 0 Å². The fourth-order valence-corrected chi connectivity index (χ4v) is 5.24. The van der Waals surface area contributed by atoms with Crippen LogP contribution in [-0.2, 0) is 10.7 Å². The van der Waals surface area contributed by atoms with Gasteiger partial charge in [-0.05, 0) is 11.6 Å². The van der Waals surface area contributed by atoms with Crippen LogP contribution in [0.4, 0.5) is 4.39 Å². The number of halogens is 1. The standard InChI is InChI=1S/C19H16FOP/c20-19-14-8-7-9-16(19)15-22(21,17-10-3-1-4-11-17)18-12-5-2-6-13-18/h1-14H,15H2. The third kappa shape index (κ3) is 2.88. The summed E-state index contributed by atoms with van der Waals surface area (Å²) in [5, 5.41) is 1.51. The molecule has 0 N–H and O–H groups in total. The van der Waals surface area contributed by atoms with Crippen molar-refractivity contribution in [3.63, 3.8) is 0 Å². The summed E-state index contributed by atoms with van der Waals surface area (Å²) in [6.45, 7) is 0. The minimum absolute atomic E-state index is 0.188. The van der Waals surface area contributed by atoms with E-state index >= 15 is 0 Å². The number of benzene rings is 3. The van der Waals surface area contributed by atoms with Crippen molar-refractivity contribution in [2.45, 2.75) is 6.16 Å². The van der Waals surface area contributed by atoms with Gasteiger partial charge in [-0.3, -0.25) is 0 Å². The molecule has 110 valence electrons. The van der Waals surface area contributed by atoms with Crippen molar-refractivity contribution in [3.05, 3.63) is 96.3 Å². The van der Waals surface area contributed by atoms with Crippen LogP contribution in [0.5, 0.6) is 0 Å². The van der Waals surface area contributed by atoms with Crippen molar-refractivity contribution in [2.24, 2.45) is 0 Å². The van der Waals surface area contributed by atoms with Gasteiger partial charge in [0.1, 0.15) is 13.0 Å². The maximum absolute atomic E-state index is 14.0. The Labute approximate surface area is 129 Å². The van der Waals surface area contributed by atoms with Gasteiger partial charge in [-0.25, -0.2) is 4.39 Å². The van der Waals surface area contributed by atoms with Crippen molar-refractivity contribution >= 4 is 17.8 Å². The Hall–Kier alpha value is -2.18. The summed E-state index contributed by atoms with van der Waals surface area (Å²) in [5.74, 6) is -0.311. The molecule has 0 amide bonds. The van der Waals surface area contributed by atoms with Gasteiger partial charge in [0.2, 0.25) is 0 Å². The molecule has 0 fully saturated rings. The molecule has 0 unspecified atom stereocenters. The van der Waals surface area contributed by atoms with Crippen LogP contribution in [0, 0.1) is 5.82 Å². The van der Waals surface area contributed by atoms with E-state index < -0.39 is 7.14 Å². The highest BCUT2D eigenvalue weighted by Gasteiger charge is 2.28. The first-order chi connectivity index (χ1) is 10.7. The molecular weight excluding hydrogens is 294 g/mol. The Morgan fingerprint density at radius 1 is 0.682 bits per heavy atom. The Balaban J connectivity index is 2.13. The van der Waals surface area contributed by atoms with Gasteiger partial charge in [-0.1, -0.05) is 78.9 Å². The zero-order chi connectivity index (χ0) is 15.4. The van der Waals surface area contributed by atoms with Crippen molar-refractivity contribution in [1.29, 1.82) is 0 Å². The fraction of sp³-hybridized carbons (Fsp3) is 0.0526. The van der Waals surface area contributed by atoms with Crippen LogP contribution in [0.3, 0.4) is 0 Å². The zero-order valence-corrected chi connectivity index (χ0v) is 12.9. The quantitative estimate of drug-likeness (QED) is 0.655. The van der Waals surface area contributed by atoms with Crippen LogP contribution >= 0.6 is 7.14 Å². The summed E-state index contributed by atoms with van der Waals surface area (Å²) < 4.78 is 27.8. The Kier molecular flexibility index (Phi) is 4.22. The number of hydrogen-bond acceptors (Lipinski definition) is 1. The first-order valence-electron chi connectivity index (χ1n) is 7.14. The highest BCUT2D eigenvalue weighted by atomic mass is 31.2. The first kappa shape index (κ1) is 14.7. The average Bonchev–Trinajstić information content (AvgIpc) is 2.58. The van der Waals surface area contributed by atoms with Gasteiger partial charge in [0, 0.05) is 16.8 Å². The van der Waals surface area contributed by atoms with Crippen LogP contribution in [0.2, 0.25) is 0 Å². The second kappa shape index (κ2) is 6.29. The molecule has 0 aliphatic heterocycles. The normalized spacial score (nSPS) is 11.3. The molecule has 0 atom stereocenters. The van der Waals surface area contributed by atoms with E-state index in [9.17, 15) is 8.96 Å². The van der Waals surface area contributed by atoms with E-state index in [1.54, 1.807) is 18.2 Å². The van der Waals surface area contributed by atoms with E-state index in [0.29, 0.717) is 5.56 Å². The molecule has 0 aromatic heterocycles. The molecule has 0 heterocycles. The molecule has 0 aliphatic carbocycles. The summed E-state index contributed by atoms with van der Waals surface area (Å²) in [7, 11) is -2.91. The van der Waals surface area contributed by atoms with Crippen LogP contribution in [-0.4, -0.2) is 0 Å². The Morgan fingerprint density at radius 2 is 1.14 bits per heavy atom. The molecule has 0 aliphatic rings. The van der Waals surface area contributed by atoms with E-state index in [1.807, 2.05) is 60.7 Å². The van der Waals surface area contributed by atoms with Crippen molar-refractivity contribution in [1.82, 2.24) is 0 Å². The lowest BCUT2D eigenvalue weighted by Crippen LogP contribution is -2.17. The molecule has 3 rings (SSSR count). The maximum Gasteiger partial charge on any atom is 0.147 e. The largest absolute Gasteiger partial charge is 0.313 e. The monoisotopic (exact) mass is 310 g/mol. The second-order valence-corrected chi connectivity index (χ2v) is 7.99. The third-order valence-electron chi connectivity index (χ3n) is 3.70. The van der Waals surface area contributed by atoms with E-state index in [0.717, 1.165) is 10.6 Å². The average molecular weight is 310 g/mol. The molecule has 22 heavy (non-hydrogen) atoms. The van der Waals surface area contributed by atoms with E-state index in [1.165, 1.54) is 6.07 Å². The third-order valence-corrected chi connectivity index (χ3v) is 6.75. The summed E-state index contributed by atoms with van der Waals surface area (Å²) in [5.41, 5.74) is 0.485. The lowest BCUT2D eigenvalue weighted by Gasteiger charge is -2.19. The number of rotatable bonds is 4. The lowest BCUT2D eigenvalue weighted by molar-refractivity contribution is 0.582. The highest BCUT2D eigenvalue weighted by Crippen LogP contribution is 2.47.